The molecule has 20 heavy (non-hydrogen) atoms. The van der Waals surface area contributed by atoms with E-state index in [1.165, 1.54) is 0 Å². The number of nitrogens with two attached hydrogens (primary N) is 1. The zero-order valence-corrected chi connectivity index (χ0v) is 12.3. The van der Waals surface area contributed by atoms with E-state index in [4.69, 9.17) is 5.73 Å². The van der Waals surface area contributed by atoms with E-state index >= 15 is 0 Å². The lowest BCUT2D eigenvalue weighted by Gasteiger charge is -2.23. The normalized spacial score (nSPS) is 10.4. The number of anilines is 1. The summed E-state index contributed by atoms with van der Waals surface area (Å²) in [6.45, 7) is 7.42. The van der Waals surface area contributed by atoms with Crippen LogP contribution in [0.15, 0.2) is 24.3 Å². The SMILES string of the molecule is CCN(CC(C)C)C(=O)CNC(=O)c1ccc(N)cc1. The van der Waals surface area contributed by atoms with Gasteiger partial charge in [0.1, 0.15) is 0 Å². The van der Waals surface area contributed by atoms with E-state index in [0.717, 1.165) is 0 Å². The summed E-state index contributed by atoms with van der Waals surface area (Å²) < 4.78 is 0. The Labute approximate surface area is 120 Å². The number of benzene rings is 1. The summed E-state index contributed by atoms with van der Waals surface area (Å²) in [6.07, 6.45) is 0. The molecular weight excluding hydrogens is 254 g/mol. The Morgan fingerprint density at radius 3 is 2.35 bits per heavy atom. The first-order valence-corrected chi connectivity index (χ1v) is 6.85. The highest BCUT2D eigenvalue weighted by Crippen LogP contribution is 2.05. The summed E-state index contributed by atoms with van der Waals surface area (Å²) in [5.74, 6) is 0.0793. The summed E-state index contributed by atoms with van der Waals surface area (Å²) in [5.41, 5.74) is 6.66. The first-order valence-electron chi connectivity index (χ1n) is 6.85. The van der Waals surface area contributed by atoms with Crippen molar-refractivity contribution in [2.24, 2.45) is 5.92 Å². The van der Waals surface area contributed by atoms with E-state index in [0.29, 0.717) is 30.3 Å². The number of nitrogens with zero attached hydrogens (tertiary/aromatic N) is 1. The van der Waals surface area contributed by atoms with E-state index in [2.05, 4.69) is 19.2 Å². The molecule has 110 valence electrons. The highest BCUT2D eigenvalue weighted by Gasteiger charge is 2.14. The molecule has 1 aromatic rings. The maximum Gasteiger partial charge on any atom is 0.251 e. The van der Waals surface area contributed by atoms with Crippen LogP contribution in [-0.2, 0) is 4.79 Å². The predicted molar refractivity (Wildman–Crippen MR) is 80.3 cm³/mol. The Morgan fingerprint density at radius 2 is 1.85 bits per heavy atom. The van der Waals surface area contributed by atoms with Gasteiger partial charge in [-0.2, -0.15) is 0 Å². The molecule has 0 radical (unpaired) electrons. The van der Waals surface area contributed by atoms with E-state index in [9.17, 15) is 9.59 Å². The first-order chi connectivity index (χ1) is 9.43. The fourth-order valence-corrected chi connectivity index (χ4v) is 1.85. The molecule has 0 spiro atoms. The lowest BCUT2D eigenvalue weighted by molar-refractivity contribution is -0.130. The topological polar surface area (TPSA) is 75.4 Å². The smallest absolute Gasteiger partial charge is 0.251 e. The fraction of sp³-hybridized carbons (Fsp3) is 0.467. The molecule has 0 aliphatic heterocycles. The lowest BCUT2D eigenvalue weighted by Crippen LogP contribution is -2.41. The number of amides is 2. The van der Waals surface area contributed by atoms with E-state index in [-0.39, 0.29) is 18.4 Å². The zero-order valence-electron chi connectivity index (χ0n) is 12.3. The predicted octanol–water partition coefficient (Wildman–Crippen LogP) is 1.50. The second-order valence-electron chi connectivity index (χ2n) is 5.13. The summed E-state index contributed by atoms with van der Waals surface area (Å²) in [6, 6.07) is 6.60. The van der Waals surface area contributed by atoms with Gasteiger partial charge in [0.15, 0.2) is 0 Å². The molecule has 0 saturated carbocycles. The first kappa shape index (κ1) is 16.0. The summed E-state index contributed by atoms with van der Waals surface area (Å²) >= 11 is 0. The van der Waals surface area contributed by atoms with Crippen LogP contribution in [0.4, 0.5) is 5.69 Å². The van der Waals surface area contributed by atoms with Crippen LogP contribution in [-0.4, -0.2) is 36.3 Å². The molecule has 0 bridgehead atoms. The summed E-state index contributed by atoms with van der Waals surface area (Å²) in [4.78, 5) is 25.6. The van der Waals surface area contributed by atoms with Gasteiger partial charge in [0.25, 0.3) is 5.91 Å². The monoisotopic (exact) mass is 277 g/mol. The van der Waals surface area contributed by atoms with Gasteiger partial charge in [-0.3, -0.25) is 9.59 Å². The lowest BCUT2D eigenvalue weighted by atomic mass is 10.2. The van der Waals surface area contributed by atoms with Crippen molar-refractivity contribution in [3.05, 3.63) is 29.8 Å². The van der Waals surface area contributed by atoms with Crippen molar-refractivity contribution in [2.45, 2.75) is 20.8 Å². The summed E-state index contributed by atoms with van der Waals surface area (Å²) in [5, 5.41) is 2.64. The van der Waals surface area contributed by atoms with Gasteiger partial charge in [0.05, 0.1) is 6.54 Å². The molecule has 0 fully saturated rings. The molecule has 0 unspecified atom stereocenters. The average Bonchev–Trinajstić information content (AvgIpc) is 2.42. The summed E-state index contributed by atoms with van der Waals surface area (Å²) in [7, 11) is 0. The number of nitrogens with one attached hydrogen (secondary N) is 1. The minimum atomic E-state index is -0.265. The highest BCUT2D eigenvalue weighted by molar-refractivity contribution is 5.96. The van der Waals surface area contributed by atoms with Crippen LogP contribution in [0.1, 0.15) is 31.1 Å². The minimum absolute atomic E-state index is 0.0176. The third-order valence-electron chi connectivity index (χ3n) is 2.89. The van der Waals surface area contributed by atoms with Crippen molar-refractivity contribution in [3.8, 4) is 0 Å². The Bertz CT molecular complexity index is 455. The van der Waals surface area contributed by atoms with Crippen LogP contribution in [0.3, 0.4) is 0 Å². The maximum atomic E-state index is 12.0. The molecule has 5 nitrogen and oxygen atoms in total. The van der Waals surface area contributed by atoms with E-state index in [1.54, 1.807) is 29.2 Å². The molecule has 0 atom stereocenters. The Kier molecular flexibility index (Phi) is 6.03. The Balaban J connectivity index is 2.51. The molecule has 1 aromatic carbocycles. The number of hydrogen-bond acceptors (Lipinski definition) is 3. The van der Waals surface area contributed by atoms with Crippen LogP contribution >= 0.6 is 0 Å². The van der Waals surface area contributed by atoms with E-state index in [1.807, 2.05) is 6.92 Å². The second kappa shape index (κ2) is 7.53. The zero-order chi connectivity index (χ0) is 15.1. The molecule has 0 aliphatic rings. The van der Waals surface area contributed by atoms with Gasteiger partial charge in [-0.25, -0.2) is 0 Å². The van der Waals surface area contributed by atoms with Crippen LogP contribution in [0, 0.1) is 5.92 Å². The van der Waals surface area contributed by atoms with Crippen LogP contribution < -0.4 is 11.1 Å². The fourth-order valence-electron chi connectivity index (χ4n) is 1.85. The van der Waals surface area contributed by atoms with Gasteiger partial charge in [-0.15, -0.1) is 0 Å². The quantitative estimate of drug-likeness (QED) is 0.774. The van der Waals surface area contributed by atoms with Crippen LogP contribution in [0.25, 0.3) is 0 Å². The van der Waals surface area contributed by atoms with Crippen molar-refractivity contribution < 1.29 is 9.59 Å². The minimum Gasteiger partial charge on any atom is -0.399 e. The van der Waals surface area contributed by atoms with Gasteiger partial charge < -0.3 is 16.0 Å². The van der Waals surface area contributed by atoms with Crippen LogP contribution in [0.5, 0.6) is 0 Å². The third-order valence-corrected chi connectivity index (χ3v) is 2.89. The number of carbonyl (C=O) groups is 2. The molecule has 2 amide bonds. The van der Waals surface area contributed by atoms with Crippen molar-refractivity contribution in [3.63, 3.8) is 0 Å². The van der Waals surface area contributed by atoms with Gasteiger partial charge in [-0.05, 0) is 37.1 Å². The molecule has 0 heterocycles. The standard InChI is InChI=1S/C15H23N3O2/c1-4-18(10-11(2)3)14(19)9-17-15(20)12-5-7-13(16)8-6-12/h5-8,11H,4,9-10,16H2,1-3H3,(H,17,20). The number of likely N-dealkylation sites (N-methyl/N-ethyl adjacent to an activating group) is 1. The van der Waals surface area contributed by atoms with E-state index < -0.39 is 0 Å². The number of rotatable bonds is 6. The largest absolute Gasteiger partial charge is 0.399 e. The number of nitrogen functional groups attached to an aromatic ring is 1. The maximum absolute atomic E-state index is 12.0. The molecular formula is C15H23N3O2. The molecule has 1 rings (SSSR count). The molecule has 3 N–H and O–H groups in total. The van der Waals surface area contributed by atoms with Crippen molar-refractivity contribution in [2.75, 3.05) is 25.4 Å². The van der Waals surface area contributed by atoms with Crippen molar-refractivity contribution in [1.82, 2.24) is 10.2 Å². The average molecular weight is 277 g/mol. The molecule has 0 aromatic heterocycles. The van der Waals surface area contributed by atoms with Gasteiger partial charge in [-0.1, -0.05) is 13.8 Å². The molecule has 0 saturated heterocycles. The van der Waals surface area contributed by atoms with Gasteiger partial charge >= 0.3 is 0 Å². The van der Waals surface area contributed by atoms with Gasteiger partial charge in [0.2, 0.25) is 5.91 Å². The number of hydrogen-bond donors (Lipinski definition) is 2. The second-order valence-corrected chi connectivity index (χ2v) is 5.13. The Morgan fingerprint density at radius 1 is 1.25 bits per heavy atom. The van der Waals surface area contributed by atoms with Crippen molar-refractivity contribution >= 4 is 17.5 Å². The Hall–Kier alpha value is -2.04. The molecule has 0 aliphatic carbocycles. The van der Waals surface area contributed by atoms with Gasteiger partial charge in [0, 0.05) is 24.3 Å². The molecule has 5 heteroatoms. The number of carbonyl (C=O) groups excluding carboxylic acids is 2. The van der Waals surface area contributed by atoms with Crippen molar-refractivity contribution in [1.29, 1.82) is 0 Å². The van der Waals surface area contributed by atoms with Crippen LogP contribution in [0.2, 0.25) is 0 Å². The highest BCUT2D eigenvalue weighted by atomic mass is 16.2. The third kappa shape index (κ3) is 4.91.